The molecule has 0 N–H and O–H groups in total. The number of aromatic nitrogens is 3. The number of nitrogens with zero attached hydrogens (tertiary/aromatic N) is 3. The largest absolute Gasteiger partial charge is 0.455 e. The lowest BCUT2D eigenvalue weighted by atomic mass is 9.48. The molecule has 9 aromatic rings. The highest BCUT2D eigenvalue weighted by molar-refractivity contribution is 6.11. The Morgan fingerprint density at radius 2 is 0.963 bits per heavy atom. The van der Waals surface area contributed by atoms with Gasteiger partial charge in [0.1, 0.15) is 22.3 Å². The third-order valence-corrected chi connectivity index (χ3v) is 12.9. The van der Waals surface area contributed by atoms with Crippen LogP contribution in [0.4, 0.5) is 0 Å². The van der Waals surface area contributed by atoms with E-state index in [1.165, 1.54) is 49.7 Å². The second kappa shape index (κ2) is 11.5. The minimum Gasteiger partial charge on any atom is -0.455 e. The lowest BCUT2D eigenvalue weighted by Crippen LogP contribution is -2.48. The van der Waals surface area contributed by atoms with Gasteiger partial charge in [-0.3, -0.25) is 0 Å². The van der Waals surface area contributed by atoms with Gasteiger partial charge in [-0.25, -0.2) is 15.0 Å². The molecule has 6 aromatic carbocycles. The van der Waals surface area contributed by atoms with Crippen molar-refractivity contribution in [1.82, 2.24) is 15.0 Å². The van der Waals surface area contributed by atoms with Crippen molar-refractivity contribution in [3.8, 4) is 45.3 Å². The van der Waals surface area contributed by atoms with E-state index in [9.17, 15) is 0 Å². The highest BCUT2D eigenvalue weighted by Crippen LogP contribution is 2.60. The molecule has 13 rings (SSSR count). The number of fused-ring (bicyclic) bond motifs is 6. The molecule has 0 atom stereocenters. The second-order valence-corrected chi connectivity index (χ2v) is 16.2. The van der Waals surface area contributed by atoms with Crippen molar-refractivity contribution in [2.75, 3.05) is 0 Å². The van der Waals surface area contributed by atoms with Gasteiger partial charge in [0.05, 0.1) is 11.1 Å². The Morgan fingerprint density at radius 1 is 0.426 bits per heavy atom. The highest BCUT2D eigenvalue weighted by atomic mass is 16.3. The molecule has 0 saturated heterocycles. The van der Waals surface area contributed by atoms with E-state index in [1.54, 1.807) is 0 Å². The molecule has 5 nitrogen and oxygen atoms in total. The molecule has 54 heavy (non-hydrogen) atoms. The van der Waals surface area contributed by atoms with Crippen LogP contribution in [-0.4, -0.2) is 15.0 Å². The van der Waals surface area contributed by atoms with Gasteiger partial charge in [0.25, 0.3) is 0 Å². The Morgan fingerprint density at radius 3 is 1.63 bits per heavy atom. The molecule has 4 aliphatic carbocycles. The van der Waals surface area contributed by atoms with Crippen LogP contribution in [0.5, 0.6) is 0 Å². The second-order valence-electron chi connectivity index (χ2n) is 16.2. The SMILES string of the molecule is c1ccc(-c2ccc3oc4c(-c5nc(-c6ccc(C78CC9CC(CC(C9)C7)C8)cc6)nc(-c6cccc7c6oc6ccccc67)n5)cccc4c3c2)cc1. The van der Waals surface area contributed by atoms with E-state index in [0.29, 0.717) is 22.9 Å². The van der Waals surface area contributed by atoms with Gasteiger partial charge in [-0.1, -0.05) is 103 Å². The fourth-order valence-corrected chi connectivity index (χ4v) is 10.9. The average molecular weight is 700 g/mol. The monoisotopic (exact) mass is 699 g/mol. The first-order chi connectivity index (χ1) is 26.6. The van der Waals surface area contributed by atoms with Gasteiger partial charge in [0.15, 0.2) is 17.5 Å². The molecular formula is C49H37N3O2. The summed E-state index contributed by atoms with van der Waals surface area (Å²) in [7, 11) is 0. The first kappa shape index (κ1) is 30.4. The molecular weight excluding hydrogens is 663 g/mol. The number of hydrogen-bond acceptors (Lipinski definition) is 5. The van der Waals surface area contributed by atoms with Crippen LogP contribution in [0.2, 0.25) is 0 Å². The van der Waals surface area contributed by atoms with Gasteiger partial charge in [-0.05, 0) is 109 Å². The number of para-hydroxylation sites is 3. The Bertz CT molecular complexity index is 2890. The van der Waals surface area contributed by atoms with E-state index < -0.39 is 0 Å². The summed E-state index contributed by atoms with van der Waals surface area (Å²) in [5.74, 6) is 4.48. The summed E-state index contributed by atoms with van der Waals surface area (Å²) in [5.41, 5.74) is 10.0. The van der Waals surface area contributed by atoms with Gasteiger partial charge in [-0.15, -0.1) is 0 Å². The zero-order valence-corrected chi connectivity index (χ0v) is 29.8. The molecule has 0 aliphatic heterocycles. The maximum Gasteiger partial charge on any atom is 0.167 e. The van der Waals surface area contributed by atoms with Crippen molar-refractivity contribution in [3.63, 3.8) is 0 Å². The summed E-state index contributed by atoms with van der Waals surface area (Å²) >= 11 is 0. The van der Waals surface area contributed by atoms with Gasteiger partial charge in [0.2, 0.25) is 0 Å². The van der Waals surface area contributed by atoms with E-state index in [4.69, 9.17) is 23.8 Å². The van der Waals surface area contributed by atoms with Crippen LogP contribution in [0.1, 0.15) is 44.1 Å². The fraction of sp³-hybridized carbons (Fsp3) is 0.204. The molecule has 0 amide bonds. The van der Waals surface area contributed by atoms with E-state index in [1.807, 2.05) is 24.3 Å². The predicted octanol–water partition coefficient (Wildman–Crippen LogP) is 12.8. The van der Waals surface area contributed by atoms with Crippen molar-refractivity contribution in [3.05, 3.63) is 139 Å². The van der Waals surface area contributed by atoms with E-state index in [-0.39, 0.29) is 0 Å². The summed E-state index contributed by atoms with van der Waals surface area (Å²) in [4.78, 5) is 15.6. The summed E-state index contributed by atoms with van der Waals surface area (Å²) < 4.78 is 13.1. The summed E-state index contributed by atoms with van der Waals surface area (Å²) in [6.07, 6.45) is 8.35. The molecule has 260 valence electrons. The number of furan rings is 2. The Kier molecular flexibility index (Phi) is 6.45. The number of rotatable bonds is 5. The van der Waals surface area contributed by atoms with Gasteiger partial charge in [0, 0.05) is 27.1 Å². The first-order valence-electron chi connectivity index (χ1n) is 19.4. The first-order valence-corrected chi connectivity index (χ1v) is 19.4. The summed E-state index contributed by atoms with van der Waals surface area (Å²) in [6.45, 7) is 0. The zero-order chi connectivity index (χ0) is 35.4. The molecule has 5 heteroatoms. The van der Waals surface area contributed by atoms with Crippen LogP contribution in [0.3, 0.4) is 0 Å². The standard InChI is InChI=1S/C49H37N3O2/c1-2-8-32(9-3-1)34-18-21-43-41(25-34)38-12-7-14-40(45(38)54-43)48-51-46(33-16-19-35(20-17-33)49-26-29-22-30(27-49)24-31(23-29)28-49)50-47(52-48)39-13-6-11-37-36-10-4-5-15-42(36)53-44(37)39/h1-21,25,29-31H,22-24,26-28H2. The smallest absolute Gasteiger partial charge is 0.167 e. The third kappa shape index (κ3) is 4.67. The Balaban J connectivity index is 1.03. The normalized spacial score (nSPS) is 21.9. The average Bonchev–Trinajstić information content (AvgIpc) is 3.79. The predicted molar refractivity (Wildman–Crippen MR) is 216 cm³/mol. The van der Waals surface area contributed by atoms with Crippen molar-refractivity contribution >= 4 is 43.9 Å². The fourth-order valence-electron chi connectivity index (χ4n) is 10.9. The minimum atomic E-state index is 0.330. The number of benzene rings is 6. The van der Waals surface area contributed by atoms with E-state index in [0.717, 1.165) is 83.9 Å². The minimum absolute atomic E-state index is 0.330. The maximum atomic E-state index is 6.64. The molecule has 4 saturated carbocycles. The molecule has 3 heterocycles. The van der Waals surface area contributed by atoms with Crippen molar-refractivity contribution in [2.45, 2.75) is 43.9 Å². The van der Waals surface area contributed by atoms with E-state index >= 15 is 0 Å². The third-order valence-electron chi connectivity index (χ3n) is 12.9. The summed E-state index contributed by atoms with van der Waals surface area (Å²) in [6, 6.07) is 46.8. The zero-order valence-electron chi connectivity index (χ0n) is 29.8. The summed E-state index contributed by atoms with van der Waals surface area (Å²) in [5, 5.41) is 4.21. The van der Waals surface area contributed by atoms with Crippen molar-refractivity contribution in [2.24, 2.45) is 17.8 Å². The molecule has 4 fully saturated rings. The molecule has 0 radical (unpaired) electrons. The molecule has 0 spiro atoms. The quantitative estimate of drug-likeness (QED) is 0.179. The van der Waals surface area contributed by atoms with Crippen molar-refractivity contribution < 1.29 is 8.83 Å². The van der Waals surface area contributed by atoms with Crippen LogP contribution in [0, 0.1) is 17.8 Å². The van der Waals surface area contributed by atoms with Crippen molar-refractivity contribution in [1.29, 1.82) is 0 Å². The van der Waals surface area contributed by atoms with Crippen LogP contribution < -0.4 is 0 Å². The van der Waals surface area contributed by atoms with Crippen LogP contribution in [0.25, 0.3) is 89.2 Å². The molecule has 4 aliphatic rings. The van der Waals surface area contributed by atoms with Gasteiger partial charge >= 0.3 is 0 Å². The highest BCUT2D eigenvalue weighted by Gasteiger charge is 2.51. The molecule has 0 unspecified atom stereocenters. The lowest BCUT2D eigenvalue weighted by Gasteiger charge is -2.57. The van der Waals surface area contributed by atoms with Gasteiger partial charge in [-0.2, -0.15) is 0 Å². The van der Waals surface area contributed by atoms with Gasteiger partial charge < -0.3 is 8.83 Å². The topological polar surface area (TPSA) is 65.0 Å². The maximum absolute atomic E-state index is 6.64. The van der Waals surface area contributed by atoms with Crippen LogP contribution in [0.15, 0.2) is 142 Å². The Hall–Kier alpha value is -6.07. The number of hydrogen-bond donors (Lipinski definition) is 0. The molecule has 3 aromatic heterocycles. The molecule has 4 bridgehead atoms. The van der Waals surface area contributed by atoms with E-state index in [2.05, 4.69) is 109 Å². The Labute approximate surface area is 312 Å². The van der Waals surface area contributed by atoms with Crippen LogP contribution in [-0.2, 0) is 5.41 Å². The van der Waals surface area contributed by atoms with Crippen LogP contribution >= 0.6 is 0 Å². The lowest BCUT2D eigenvalue weighted by molar-refractivity contribution is -0.00518.